The predicted octanol–water partition coefficient (Wildman–Crippen LogP) is 3.48. The molecule has 1 rings (SSSR count). The van der Waals surface area contributed by atoms with Crippen molar-refractivity contribution < 1.29 is 24.9 Å². The Balaban J connectivity index is 2.31. The number of carboxylic acid groups (broad SMARTS) is 1. The van der Waals surface area contributed by atoms with Crippen LogP contribution in [0.1, 0.15) is 77.6 Å². The Bertz CT molecular complexity index is 432. The van der Waals surface area contributed by atoms with E-state index in [1.807, 2.05) is 12.2 Å². The Morgan fingerprint density at radius 1 is 1.16 bits per heavy atom. The second kappa shape index (κ2) is 12.2. The van der Waals surface area contributed by atoms with Crippen molar-refractivity contribution in [1.82, 2.24) is 0 Å². The molecule has 25 heavy (non-hydrogen) atoms. The van der Waals surface area contributed by atoms with Crippen LogP contribution in [0.3, 0.4) is 0 Å². The zero-order valence-corrected chi connectivity index (χ0v) is 15.4. The summed E-state index contributed by atoms with van der Waals surface area (Å²) in [5.74, 6) is -0.615. The summed E-state index contributed by atoms with van der Waals surface area (Å²) in [6, 6.07) is 0. The van der Waals surface area contributed by atoms with E-state index < -0.39 is 18.2 Å². The van der Waals surface area contributed by atoms with Crippen molar-refractivity contribution in [3.05, 3.63) is 12.2 Å². The molecule has 0 aliphatic heterocycles. The highest BCUT2D eigenvalue weighted by Gasteiger charge is 2.32. The van der Waals surface area contributed by atoms with Crippen LogP contribution in [0.15, 0.2) is 12.2 Å². The molecule has 0 spiro atoms. The van der Waals surface area contributed by atoms with Gasteiger partial charge in [0.05, 0.1) is 6.10 Å². The number of carboxylic acids is 1. The maximum Gasteiger partial charge on any atom is 0.332 e. The summed E-state index contributed by atoms with van der Waals surface area (Å²) in [6.07, 6.45) is 11.2. The fraction of sp³-hybridized carbons (Fsp3) is 0.800. The van der Waals surface area contributed by atoms with Crippen LogP contribution < -0.4 is 0 Å². The van der Waals surface area contributed by atoms with Gasteiger partial charge in [-0.1, -0.05) is 57.6 Å². The van der Waals surface area contributed by atoms with Gasteiger partial charge < -0.3 is 15.3 Å². The molecule has 1 aliphatic rings. The van der Waals surface area contributed by atoms with Crippen LogP contribution in [0, 0.1) is 11.8 Å². The number of allylic oxidation sites excluding steroid dienone is 1. The first-order chi connectivity index (χ1) is 12.0. The molecule has 0 bridgehead atoms. The number of carbonyl (C=O) groups is 2. The number of aliphatic carboxylic acids is 1. The number of aliphatic hydroxyl groups excluding tert-OH is 2. The second-order valence-electron chi connectivity index (χ2n) is 7.22. The third-order valence-electron chi connectivity index (χ3n) is 5.12. The molecule has 0 saturated heterocycles. The molecular weight excluding hydrogens is 320 g/mol. The zero-order valence-electron chi connectivity index (χ0n) is 15.4. The standard InChI is InChI=1S/C20H34O5/c1-2-3-5-8-16(21)13-11-15-12-14-18(22)17(15)9-6-4-7-10-19(23)20(24)25/h11,13,15-17,19,21,23H,2-10,12,14H2,1H3,(H,24,25)/t15-,16?,17+,19?/m0/s1. The van der Waals surface area contributed by atoms with E-state index >= 15 is 0 Å². The quantitative estimate of drug-likeness (QED) is 0.348. The van der Waals surface area contributed by atoms with Gasteiger partial charge in [-0.05, 0) is 31.6 Å². The largest absolute Gasteiger partial charge is 0.479 e. The van der Waals surface area contributed by atoms with Crippen LogP contribution in [0.4, 0.5) is 0 Å². The van der Waals surface area contributed by atoms with Crippen molar-refractivity contribution in [3.8, 4) is 0 Å². The zero-order chi connectivity index (χ0) is 18.7. The lowest BCUT2D eigenvalue weighted by molar-refractivity contribution is -0.147. The molecule has 0 aromatic carbocycles. The fourth-order valence-corrected chi connectivity index (χ4v) is 3.51. The van der Waals surface area contributed by atoms with Crippen molar-refractivity contribution in [2.24, 2.45) is 11.8 Å². The van der Waals surface area contributed by atoms with E-state index in [1.54, 1.807) is 0 Å². The Morgan fingerprint density at radius 3 is 2.56 bits per heavy atom. The third kappa shape index (κ3) is 8.63. The first-order valence-electron chi connectivity index (χ1n) is 9.75. The van der Waals surface area contributed by atoms with Gasteiger partial charge in [-0.25, -0.2) is 4.79 Å². The molecule has 1 saturated carbocycles. The molecule has 5 nitrogen and oxygen atoms in total. The number of ketones is 1. The summed E-state index contributed by atoms with van der Waals surface area (Å²) in [4.78, 5) is 22.6. The molecule has 1 fully saturated rings. The first-order valence-corrected chi connectivity index (χ1v) is 9.75. The van der Waals surface area contributed by atoms with Gasteiger partial charge in [0.2, 0.25) is 0 Å². The number of Topliss-reactive ketones (excluding diaryl/α,β-unsaturated/α-hetero) is 1. The van der Waals surface area contributed by atoms with Gasteiger partial charge >= 0.3 is 5.97 Å². The highest BCUT2D eigenvalue weighted by atomic mass is 16.4. The average Bonchev–Trinajstić information content (AvgIpc) is 2.92. The molecule has 0 aromatic rings. The van der Waals surface area contributed by atoms with Crippen LogP contribution in [-0.4, -0.2) is 39.3 Å². The number of unbranched alkanes of at least 4 members (excludes halogenated alkanes) is 4. The minimum Gasteiger partial charge on any atom is -0.479 e. The van der Waals surface area contributed by atoms with Crippen molar-refractivity contribution >= 4 is 11.8 Å². The Hall–Kier alpha value is -1.20. The highest BCUT2D eigenvalue weighted by Crippen LogP contribution is 2.34. The molecule has 0 aromatic heterocycles. The molecule has 3 N–H and O–H groups in total. The van der Waals surface area contributed by atoms with E-state index in [0.717, 1.165) is 51.4 Å². The van der Waals surface area contributed by atoms with Crippen molar-refractivity contribution in [3.63, 3.8) is 0 Å². The maximum atomic E-state index is 12.1. The second-order valence-corrected chi connectivity index (χ2v) is 7.22. The topological polar surface area (TPSA) is 94.8 Å². The summed E-state index contributed by atoms with van der Waals surface area (Å²) >= 11 is 0. The number of rotatable bonds is 13. The number of hydrogen-bond donors (Lipinski definition) is 3. The van der Waals surface area contributed by atoms with E-state index in [9.17, 15) is 19.8 Å². The molecular formula is C20H34O5. The summed E-state index contributed by atoms with van der Waals surface area (Å²) in [5.41, 5.74) is 0. The normalized spacial score (nSPS) is 23.2. The van der Waals surface area contributed by atoms with Crippen LogP contribution in [0.2, 0.25) is 0 Å². The van der Waals surface area contributed by atoms with Crippen molar-refractivity contribution in [1.29, 1.82) is 0 Å². The monoisotopic (exact) mass is 354 g/mol. The summed E-state index contributed by atoms with van der Waals surface area (Å²) < 4.78 is 0. The van der Waals surface area contributed by atoms with Gasteiger partial charge in [0, 0.05) is 12.3 Å². The lowest BCUT2D eigenvalue weighted by Gasteiger charge is -2.15. The van der Waals surface area contributed by atoms with Crippen molar-refractivity contribution in [2.75, 3.05) is 0 Å². The molecule has 5 heteroatoms. The predicted molar refractivity (Wildman–Crippen MR) is 97.2 cm³/mol. The first kappa shape index (κ1) is 21.8. The SMILES string of the molecule is CCCCCC(O)C=C[C@H]1CCC(=O)[C@@H]1CCCCCC(O)C(=O)O. The van der Waals surface area contributed by atoms with E-state index in [2.05, 4.69) is 6.92 Å². The highest BCUT2D eigenvalue weighted by molar-refractivity contribution is 5.83. The van der Waals surface area contributed by atoms with E-state index in [1.165, 1.54) is 0 Å². The summed E-state index contributed by atoms with van der Waals surface area (Å²) in [5, 5.41) is 27.9. The van der Waals surface area contributed by atoms with Crippen molar-refractivity contribution in [2.45, 2.75) is 89.8 Å². The molecule has 4 atom stereocenters. The van der Waals surface area contributed by atoms with Crippen LogP contribution in [0.5, 0.6) is 0 Å². The van der Waals surface area contributed by atoms with Gasteiger partial charge in [-0.3, -0.25) is 4.79 Å². The molecule has 0 amide bonds. The van der Waals surface area contributed by atoms with Gasteiger partial charge in [-0.2, -0.15) is 0 Å². The van der Waals surface area contributed by atoms with Gasteiger partial charge in [0.25, 0.3) is 0 Å². The Labute approximate surface area is 151 Å². The number of carbonyl (C=O) groups excluding carboxylic acids is 1. The van der Waals surface area contributed by atoms with E-state index in [4.69, 9.17) is 5.11 Å². The Morgan fingerprint density at radius 2 is 1.88 bits per heavy atom. The van der Waals surface area contributed by atoms with E-state index in [0.29, 0.717) is 18.6 Å². The van der Waals surface area contributed by atoms with Gasteiger partial charge in [-0.15, -0.1) is 0 Å². The maximum absolute atomic E-state index is 12.1. The third-order valence-corrected chi connectivity index (χ3v) is 5.12. The molecule has 2 unspecified atom stereocenters. The number of hydrogen-bond acceptors (Lipinski definition) is 4. The minimum absolute atomic E-state index is 0.0310. The molecule has 0 heterocycles. The van der Waals surface area contributed by atoms with Gasteiger partial charge in [0.1, 0.15) is 5.78 Å². The molecule has 0 radical (unpaired) electrons. The summed E-state index contributed by atoms with van der Waals surface area (Å²) in [6.45, 7) is 2.14. The Kier molecular flexibility index (Phi) is 10.7. The summed E-state index contributed by atoms with van der Waals surface area (Å²) in [7, 11) is 0. The smallest absolute Gasteiger partial charge is 0.332 e. The lowest BCUT2D eigenvalue weighted by Crippen LogP contribution is -2.19. The fourth-order valence-electron chi connectivity index (χ4n) is 3.51. The van der Waals surface area contributed by atoms with Crippen LogP contribution in [-0.2, 0) is 9.59 Å². The van der Waals surface area contributed by atoms with Crippen LogP contribution in [0.25, 0.3) is 0 Å². The molecule has 144 valence electrons. The van der Waals surface area contributed by atoms with Crippen LogP contribution >= 0.6 is 0 Å². The average molecular weight is 354 g/mol. The number of aliphatic hydroxyl groups is 2. The molecule has 1 aliphatic carbocycles. The van der Waals surface area contributed by atoms with Gasteiger partial charge in [0.15, 0.2) is 6.10 Å². The van der Waals surface area contributed by atoms with E-state index in [-0.39, 0.29) is 18.3 Å². The lowest BCUT2D eigenvalue weighted by atomic mass is 9.89. The minimum atomic E-state index is -1.28.